The number of benzene rings is 4. The average molecular weight is 418 g/mol. The largest absolute Gasteiger partial charge is 0.380 e. The molecular formula is C31H31N. The van der Waals surface area contributed by atoms with Gasteiger partial charge in [-0.3, -0.25) is 0 Å². The molecule has 5 rings (SSSR count). The normalized spacial score (nSPS) is 17.3. The van der Waals surface area contributed by atoms with Gasteiger partial charge in [-0.25, -0.2) is 0 Å². The summed E-state index contributed by atoms with van der Waals surface area (Å²) < 4.78 is 0. The van der Waals surface area contributed by atoms with Crippen LogP contribution in [-0.2, 0) is 5.41 Å². The van der Waals surface area contributed by atoms with E-state index < -0.39 is 0 Å². The van der Waals surface area contributed by atoms with Crippen molar-refractivity contribution in [3.05, 3.63) is 137 Å². The number of anilines is 1. The number of nitrogens with one attached hydrogen (secondary N) is 1. The van der Waals surface area contributed by atoms with Gasteiger partial charge in [-0.05, 0) is 60.1 Å². The molecule has 0 saturated heterocycles. The van der Waals surface area contributed by atoms with Crippen molar-refractivity contribution in [2.45, 2.75) is 44.1 Å². The summed E-state index contributed by atoms with van der Waals surface area (Å²) in [6.45, 7) is 6.95. The highest BCUT2D eigenvalue weighted by molar-refractivity contribution is 5.65. The molecule has 0 bridgehead atoms. The zero-order valence-electron chi connectivity index (χ0n) is 19.2. The Kier molecular flexibility index (Phi) is 5.13. The van der Waals surface area contributed by atoms with Gasteiger partial charge in [-0.15, -0.1) is 0 Å². The van der Waals surface area contributed by atoms with Crippen LogP contribution in [0.5, 0.6) is 0 Å². The van der Waals surface area contributed by atoms with E-state index in [0.29, 0.717) is 5.92 Å². The summed E-state index contributed by atoms with van der Waals surface area (Å²) in [4.78, 5) is 0. The van der Waals surface area contributed by atoms with E-state index in [9.17, 15) is 0 Å². The number of hydrogen-bond donors (Lipinski definition) is 1. The zero-order chi connectivity index (χ0) is 22.2. The second kappa shape index (κ2) is 7.98. The van der Waals surface area contributed by atoms with Crippen LogP contribution < -0.4 is 5.32 Å². The Labute approximate surface area is 192 Å². The second-order valence-corrected chi connectivity index (χ2v) is 9.76. The minimum Gasteiger partial charge on any atom is -0.380 e. The van der Waals surface area contributed by atoms with Crippen molar-refractivity contribution in [1.82, 2.24) is 0 Å². The first-order valence-electron chi connectivity index (χ1n) is 11.6. The maximum Gasteiger partial charge on any atom is 0.0701 e. The van der Waals surface area contributed by atoms with Crippen LogP contribution in [0.2, 0.25) is 0 Å². The monoisotopic (exact) mass is 417 g/mol. The van der Waals surface area contributed by atoms with Gasteiger partial charge >= 0.3 is 0 Å². The molecule has 1 nitrogen and oxygen atoms in total. The smallest absolute Gasteiger partial charge is 0.0701 e. The third-order valence-electron chi connectivity index (χ3n) is 6.93. The fourth-order valence-corrected chi connectivity index (χ4v) is 5.67. The molecule has 1 unspecified atom stereocenters. The molecule has 1 atom stereocenters. The van der Waals surface area contributed by atoms with Crippen LogP contribution in [0.4, 0.5) is 5.69 Å². The Morgan fingerprint density at radius 3 is 1.59 bits per heavy atom. The third-order valence-corrected chi connectivity index (χ3v) is 6.93. The molecule has 0 amide bonds. The lowest BCUT2D eigenvalue weighted by Gasteiger charge is -2.40. The Morgan fingerprint density at radius 2 is 1.12 bits per heavy atom. The Morgan fingerprint density at radius 1 is 0.656 bits per heavy atom. The summed E-state index contributed by atoms with van der Waals surface area (Å²) in [6, 6.07) is 39.9. The summed E-state index contributed by atoms with van der Waals surface area (Å²) in [5, 5.41) is 3.76. The molecule has 1 aliphatic heterocycles. The maximum absolute atomic E-state index is 3.76. The third kappa shape index (κ3) is 3.42. The first-order valence-corrected chi connectivity index (χ1v) is 11.6. The van der Waals surface area contributed by atoms with E-state index in [1.807, 2.05) is 0 Å². The Bertz CT molecular complexity index is 1100. The number of hydrogen-bond acceptors (Lipinski definition) is 1. The lowest BCUT2D eigenvalue weighted by atomic mass is 9.64. The van der Waals surface area contributed by atoms with Crippen molar-refractivity contribution in [2.24, 2.45) is 0 Å². The summed E-state index contributed by atoms with van der Waals surface area (Å²) >= 11 is 0. The van der Waals surface area contributed by atoms with Crippen molar-refractivity contribution in [3.63, 3.8) is 0 Å². The van der Waals surface area contributed by atoms with Gasteiger partial charge in [0.25, 0.3) is 0 Å². The summed E-state index contributed by atoms with van der Waals surface area (Å²) in [5.74, 6) is 0.501. The average Bonchev–Trinajstić information content (AvgIpc) is 2.81. The molecule has 0 saturated carbocycles. The van der Waals surface area contributed by atoms with Crippen LogP contribution in [0, 0.1) is 0 Å². The molecule has 0 spiro atoms. The minimum atomic E-state index is -0.383. The molecule has 160 valence electrons. The van der Waals surface area contributed by atoms with Crippen LogP contribution in [-0.4, -0.2) is 5.54 Å². The summed E-state index contributed by atoms with van der Waals surface area (Å²) in [6.07, 6.45) is 1.12. The zero-order valence-corrected chi connectivity index (χ0v) is 19.2. The summed E-state index contributed by atoms with van der Waals surface area (Å²) in [5.41, 5.74) is 7.58. The fraction of sp³-hybridized carbons (Fsp3) is 0.226. The van der Waals surface area contributed by atoms with Gasteiger partial charge in [0.15, 0.2) is 0 Å². The predicted molar refractivity (Wildman–Crippen MR) is 135 cm³/mol. The van der Waals surface area contributed by atoms with Crippen LogP contribution in [0.15, 0.2) is 109 Å². The van der Waals surface area contributed by atoms with Gasteiger partial charge in [-0.2, -0.15) is 0 Å². The molecule has 1 heterocycles. The van der Waals surface area contributed by atoms with Gasteiger partial charge in [0, 0.05) is 11.2 Å². The van der Waals surface area contributed by atoms with Crippen LogP contribution in [0.25, 0.3) is 0 Å². The molecule has 1 heteroatoms. The molecule has 4 aromatic carbocycles. The van der Waals surface area contributed by atoms with Gasteiger partial charge in [0.2, 0.25) is 0 Å². The van der Waals surface area contributed by atoms with Crippen LogP contribution in [0.1, 0.15) is 60.9 Å². The van der Waals surface area contributed by atoms with E-state index in [1.165, 1.54) is 33.5 Å². The molecule has 4 aromatic rings. The molecule has 1 aliphatic rings. The molecule has 1 N–H and O–H groups in total. The van der Waals surface area contributed by atoms with Gasteiger partial charge in [-0.1, -0.05) is 110 Å². The highest BCUT2D eigenvalue weighted by atomic mass is 15.0. The number of fused-ring (bicyclic) bond motifs is 1. The molecule has 0 aromatic heterocycles. The molecule has 0 radical (unpaired) electrons. The molecule has 0 aliphatic carbocycles. The molecule has 32 heavy (non-hydrogen) atoms. The lowest BCUT2D eigenvalue weighted by Crippen LogP contribution is -2.37. The molecular weight excluding hydrogens is 386 g/mol. The fourth-order valence-electron chi connectivity index (χ4n) is 5.67. The van der Waals surface area contributed by atoms with E-state index in [2.05, 4.69) is 135 Å². The molecule has 0 fully saturated rings. The van der Waals surface area contributed by atoms with Crippen molar-refractivity contribution < 1.29 is 0 Å². The first kappa shape index (κ1) is 20.6. The van der Waals surface area contributed by atoms with Crippen LogP contribution in [0.3, 0.4) is 0 Å². The van der Waals surface area contributed by atoms with E-state index in [-0.39, 0.29) is 11.0 Å². The van der Waals surface area contributed by atoms with E-state index in [4.69, 9.17) is 0 Å². The van der Waals surface area contributed by atoms with E-state index >= 15 is 0 Å². The SMILES string of the molecule is CC1CC(C)(C)Nc2ccc(C(c3ccccc3)(c3ccccc3)c3ccccc3)cc21. The maximum atomic E-state index is 3.76. The van der Waals surface area contributed by atoms with Crippen molar-refractivity contribution in [3.8, 4) is 0 Å². The standard InChI is InChI=1S/C31H31N/c1-23-22-30(2,3)32-29-20-19-27(21-28(23)29)31(24-13-7-4-8-14-24,25-15-9-5-10-16-25)26-17-11-6-12-18-26/h4-21,23,32H,22H2,1-3H3. The number of rotatable bonds is 4. The Hall–Kier alpha value is -3.32. The topological polar surface area (TPSA) is 12.0 Å². The second-order valence-electron chi connectivity index (χ2n) is 9.76. The summed E-state index contributed by atoms with van der Waals surface area (Å²) in [7, 11) is 0. The minimum absolute atomic E-state index is 0.114. The van der Waals surface area contributed by atoms with Crippen LogP contribution >= 0.6 is 0 Å². The predicted octanol–water partition coefficient (Wildman–Crippen LogP) is 7.77. The van der Waals surface area contributed by atoms with Gasteiger partial charge in [0.1, 0.15) is 0 Å². The van der Waals surface area contributed by atoms with Crippen molar-refractivity contribution in [1.29, 1.82) is 0 Å². The Balaban J connectivity index is 1.83. The quantitative estimate of drug-likeness (QED) is 0.334. The van der Waals surface area contributed by atoms with E-state index in [0.717, 1.165) is 6.42 Å². The highest BCUT2D eigenvalue weighted by Crippen LogP contribution is 2.48. The van der Waals surface area contributed by atoms with E-state index in [1.54, 1.807) is 0 Å². The lowest BCUT2D eigenvalue weighted by molar-refractivity contribution is 0.453. The first-order chi connectivity index (χ1) is 15.5. The van der Waals surface area contributed by atoms with Crippen molar-refractivity contribution in [2.75, 3.05) is 5.32 Å². The van der Waals surface area contributed by atoms with Gasteiger partial charge in [0.05, 0.1) is 5.41 Å². The highest BCUT2D eigenvalue weighted by Gasteiger charge is 2.39. The van der Waals surface area contributed by atoms with Crippen molar-refractivity contribution >= 4 is 5.69 Å². The van der Waals surface area contributed by atoms with Gasteiger partial charge < -0.3 is 5.32 Å².